The molecular formula is C12H17. The van der Waals surface area contributed by atoms with E-state index in [-0.39, 0.29) is 5.41 Å². The monoisotopic (exact) mass is 161 g/mol. The van der Waals surface area contributed by atoms with Gasteiger partial charge < -0.3 is 0 Å². The van der Waals surface area contributed by atoms with Gasteiger partial charge in [-0.1, -0.05) is 45.9 Å². The van der Waals surface area contributed by atoms with E-state index in [2.05, 4.69) is 52.0 Å². The molecule has 0 saturated heterocycles. The van der Waals surface area contributed by atoms with Gasteiger partial charge in [0.05, 0.1) is 0 Å². The van der Waals surface area contributed by atoms with Crippen LogP contribution in [0.1, 0.15) is 38.8 Å². The fourth-order valence-corrected chi connectivity index (χ4v) is 1.14. The molecule has 1 aromatic rings. The second-order valence-electron chi connectivity index (χ2n) is 4.21. The van der Waals surface area contributed by atoms with Gasteiger partial charge in [0.1, 0.15) is 0 Å². The second kappa shape index (κ2) is 3.30. The fourth-order valence-electron chi connectivity index (χ4n) is 1.14. The van der Waals surface area contributed by atoms with E-state index in [4.69, 9.17) is 0 Å². The topological polar surface area (TPSA) is 0 Å². The number of hydrogen-bond donors (Lipinski definition) is 0. The summed E-state index contributed by atoms with van der Waals surface area (Å²) < 4.78 is 0. The molecule has 0 N–H and O–H groups in total. The van der Waals surface area contributed by atoms with Crippen molar-refractivity contribution in [3.8, 4) is 0 Å². The normalized spacial score (nSPS) is 11.7. The molecule has 0 aliphatic rings. The van der Waals surface area contributed by atoms with Crippen molar-refractivity contribution >= 4 is 0 Å². The molecule has 0 saturated carbocycles. The smallest absolute Gasteiger partial charge is 0.0126 e. The van der Waals surface area contributed by atoms with Gasteiger partial charge in [0, 0.05) is 0 Å². The van der Waals surface area contributed by atoms with Gasteiger partial charge in [0.15, 0.2) is 0 Å². The maximum absolute atomic E-state index is 3.33. The number of rotatable bonds is 1. The first-order valence-electron chi connectivity index (χ1n) is 4.55. The SMILES string of the molecule is CCc1c[c]c(C(C)(C)C)cc1. The number of aryl methyl sites for hydroxylation is 1. The maximum Gasteiger partial charge on any atom is -0.0126 e. The van der Waals surface area contributed by atoms with Crippen molar-refractivity contribution < 1.29 is 0 Å². The van der Waals surface area contributed by atoms with Crippen LogP contribution in [0.25, 0.3) is 0 Å². The van der Waals surface area contributed by atoms with Gasteiger partial charge in [-0.2, -0.15) is 0 Å². The minimum Gasteiger partial charge on any atom is -0.0613 e. The standard InChI is InChI=1S/C12H17/c1-5-10-6-8-11(9-7-10)12(2,3)4/h6-8H,5H2,1-4H3. The zero-order valence-electron chi connectivity index (χ0n) is 8.44. The van der Waals surface area contributed by atoms with E-state index in [0.717, 1.165) is 6.42 Å². The molecule has 0 heterocycles. The van der Waals surface area contributed by atoms with E-state index >= 15 is 0 Å². The highest BCUT2D eigenvalue weighted by atomic mass is 14.2. The third kappa shape index (κ3) is 2.10. The second-order valence-corrected chi connectivity index (χ2v) is 4.21. The van der Waals surface area contributed by atoms with E-state index < -0.39 is 0 Å². The van der Waals surface area contributed by atoms with Gasteiger partial charge in [0.2, 0.25) is 0 Å². The van der Waals surface area contributed by atoms with E-state index in [1.165, 1.54) is 11.1 Å². The molecule has 12 heavy (non-hydrogen) atoms. The Labute approximate surface area is 75.6 Å². The van der Waals surface area contributed by atoms with Crippen molar-refractivity contribution in [3.63, 3.8) is 0 Å². The minimum atomic E-state index is 0.228. The molecule has 1 radical (unpaired) electrons. The first-order chi connectivity index (χ1) is 5.54. The third-order valence-electron chi connectivity index (χ3n) is 2.09. The Bertz CT molecular complexity index is 236. The lowest BCUT2D eigenvalue weighted by Crippen LogP contribution is -2.10. The summed E-state index contributed by atoms with van der Waals surface area (Å²) in [4.78, 5) is 0. The molecule has 0 aliphatic heterocycles. The molecule has 1 aromatic carbocycles. The summed E-state index contributed by atoms with van der Waals surface area (Å²) in [5, 5.41) is 0. The van der Waals surface area contributed by atoms with Gasteiger partial charge in [-0.25, -0.2) is 0 Å². The zero-order valence-corrected chi connectivity index (χ0v) is 8.44. The van der Waals surface area contributed by atoms with Crippen LogP contribution in [0.15, 0.2) is 18.2 Å². The van der Waals surface area contributed by atoms with Crippen LogP contribution in [0.2, 0.25) is 0 Å². The molecule has 0 bridgehead atoms. The van der Waals surface area contributed by atoms with Crippen LogP contribution in [0.4, 0.5) is 0 Å². The number of benzene rings is 1. The first-order valence-corrected chi connectivity index (χ1v) is 4.55. The van der Waals surface area contributed by atoms with Gasteiger partial charge in [-0.05, 0) is 29.0 Å². The Morgan fingerprint density at radius 2 is 1.92 bits per heavy atom. The van der Waals surface area contributed by atoms with Crippen LogP contribution in [0.3, 0.4) is 0 Å². The highest BCUT2D eigenvalue weighted by molar-refractivity contribution is 5.26. The quantitative estimate of drug-likeness (QED) is 0.592. The molecule has 1 rings (SSSR count). The van der Waals surface area contributed by atoms with Crippen LogP contribution in [-0.2, 0) is 11.8 Å². The van der Waals surface area contributed by atoms with Crippen LogP contribution in [0, 0.1) is 6.07 Å². The Morgan fingerprint density at radius 1 is 1.25 bits per heavy atom. The van der Waals surface area contributed by atoms with E-state index in [1.54, 1.807) is 0 Å². The highest BCUT2D eigenvalue weighted by Gasteiger charge is 2.12. The lowest BCUT2D eigenvalue weighted by Gasteiger charge is -2.18. The molecule has 0 spiro atoms. The molecule has 0 nitrogen and oxygen atoms in total. The Morgan fingerprint density at radius 3 is 2.25 bits per heavy atom. The highest BCUT2D eigenvalue weighted by Crippen LogP contribution is 2.21. The van der Waals surface area contributed by atoms with E-state index in [9.17, 15) is 0 Å². The molecule has 0 aliphatic carbocycles. The summed E-state index contributed by atoms with van der Waals surface area (Å²) in [5.41, 5.74) is 2.88. The lowest BCUT2D eigenvalue weighted by molar-refractivity contribution is 0.589. The lowest BCUT2D eigenvalue weighted by atomic mass is 9.86. The van der Waals surface area contributed by atoms with Crippen LogP contribution in [-0.4, -0.2) is 0 Å². The van der Waals surface area contributed by atoms with Crippen molar-refractivity contribution in [1.82, 2.24) is 0 Å². The summed E-state index contributed by atoms with van der Waals surface area (Å²) >= 11 is 0. The molecule has 0 atom stereocenters. The summed E-state index contributed by atoms with van der Waals surface area (Å²) in [6.45, 7) is 8.80. The van der Waals surface area contributed by atoms with Crippen molar-refractivity contribution in [2.75, 3.05) is 0 Å². The molecular weight excluding hydrogens is 144 g/mol. The third-order valence-corrected chi connectivity index (χ3v) is 2.09. The molecule has 65 valence electrons. The average Bonchev–Trinajstić information content (AvgIpc) is 2.03. The molecule has 0 amide bonds. The first kappa shape index (κ1) is 9.31. The zero-order chi connectivity index (χ0) is 9.19. The largest absolute Gasteiger partial charge is 0.0613 e. The summed E-state index contributed by atoms with van der Waals surface area (Å²) in [5.74, 6) is 0. The molecule has 0 heteroatoms. The van der Waals surface area contributed by atoms with Gasteiger partial charge in [-0.3, -0.25) is 0 Å². The Balaban J connectivity index is 2.93. The average molecular weight is 161 g/mol. The molecule has 0 aromatic heterocycles. The van der Waals surface area contributed by atoms with Crippen molar-refractivity contribution in [1.29, 1.82) is 0 Å². The van der Waals surface area contributed by atoms with Gasteiger partial charge in [0.25, 0.3) is 0 Å². The van der Waals surface area contributed by atoms with Crippen molar-refractivity contribution in [2.24, 2.45) is 0 Å². The maximum atomic E-state index is 3.33. The Hall–Kier alpha value is -0.780. The predicted molar refractivity (Wildman–Crippen MR) is 53.4 cm³/mol. The van der Waals surface area contributed by atoms with Crippen LogP contribution >= 0.6 is 0 Å². The summed E-state index contributed by atoms with van der Waals surface area (Å²) in [6.07, 6.45) is 1.10. The van der Waals surface area contributed by atoms with Crippen molar-refractivity contribution in [2.45, 2.75) is 39.5 Å². The molecule has 0 fully saturated rings. The van der Waals surface area contributed by atoms with Gasteiger partial charge in [-0.15, -0.1) is 0 Å². The summed E-state index contributed by atoms with van der Waals surface area (Å²) in [7, 11) is 0. The van der Waals surface area contributed by atoms with Crippen LogP contribution < -0.4 is 0 Å². The van der Waals surface area contributed by atoms with Gasteiger partial charge >= 0.3 is 0 Å². The predicted octanol–water partition coefficient (Wildman–Crippen LogP) is 3.35. The van der Waals surface area contributed by atoms with E-state index in [0.29, 0.717) is 0 Å². The Kier molecular flexibility index (Phi) is 2.56. The van der Waals surface area contributed by atoms with E-state index in [1.807, 2.05) is 0 Å². The molecule has 0 unspecified atom stereocenters. The number of hydrogen-bond acceptors (Lipinski definition) is 0. The van der Waals surface area contributed by atoms with Crippen molar-refractivity contribution in [3.05, 3.63) is 35.4 Å². The fraction of sp³-hybridized carbons (Fsp3) is 0.500. The van der Waals surface area contributed by atoms with Crippen LogP contribution in [0.5, 0.6) is 0 Å². The summed E-state index contributed by atoms with van der Waals surface area (Å²) in [6, 6.07) is 9.80. The minimum absolute atomic E-state index is 0.228.